The Morgan fingerprint density at radius 1 is 1.14 bits per heavy atom. The van der Waals surface area contributed by atoms with E-state index < -0.39 is 47.1 Å². The Hall–Kier alpha value is -3.15. The number of halogens is 4. The van der Waals surface area contributed by atoms with Gasteiger partial charge in [-0.15, -0.1) is 0 Å². The summed E-state index contributed by atoms with van der Waals surface area (Å²) >= 11 is 5.99. The molecule has 0 radical (unpaired) electrons. The highest BCUT2D eigenvalue weighted by Crippen LogP contribution is 2.58. The third-order valence-corrected chi connectivity index (χ3v) is 6.88. The van der Waals surface area contributed by atoms with E-state index in [-0.39, 0.29) is 47.5 Å². The Labute approximate surface area is 208 Å². The minimum absolute atomic E-state index is 0.0552. The first-order valence-electron chi connectivity index (χ1n) is 11.5. The number of Topliss-reactive ketones (excluding diaryl/α,β-unsaturated/α-hetero) is 1. The van der Waals surface area contributed by atoms with Crippen LogP contribution in [0.5, 0.6) is 0 Å². The molecule has 4 N–H and O–H groups in total. The lowest BCUT2D eigenvalue weighted by atomic mass is 9.95. The highest BCUT2D eigenvalue weighted by atomic mass is 35.5. The van der Waals surface area contributed by atoms with E-state index in [2.05, 4.69) is 21.3 Å². The zero-order valence-corrected chi connectivity index (χ0v) is 19.7. The number of rotatable bonds is 9. The zero-order valence-electron chi connectivity index (χ0n) is 19.0. The van der Waals surface area contributed by atoms with Crippen molar-refractivity contribution in [3.05, 3.63) is 28.8 Å². The molecule has 0 spiro atoms. The molecular weight excluding hydrogens is 505 g/mol. The van der Waals surface area contributed by atoms with Crippen molar-refractivity contribution in [3.8, 4) is 0 Å². The second-order valence-electron chi connectivity index (χ2n) is 9.37. The van der Waals surface area contributed by atoms with Gasteiger partial charge in [0.25, 0.3) is 11.8 Å². The van der Waals surface area contributed by atoms with Gasteiger partial charge < -0.3 is 21.3 Å². The molecule has 1 aliphatic heterocycles. The molecule has 0 bridgehead atoms. The third kappa shape index (κ3) is 5.48. The van der Waals surface area contributed by atoms with Gasteiger partial charge in [-0.25, -0.2) is 0 Å². The first-order valence-corrected chi connectivity index (χ1v) is 11.9. The second-order valence-corrected chi connectivity index (χ2v) is 9.81. The fourth-order valence-corrected chi connectivity index (χ4v) is 4.26. The Bertz CT molecular complexity index is 1120. The SMILES string of the molecule is O=C(NC1CC1)C(=O)[C@H](C[C@@H]1CCNC1=O)NC(=O)c1cc(Cl)ccc1NC(=O)C1(C(F)(F)F)CC1. The van der Waals surface area contributed by atoms with Gasteiger partial charge in [-0.3, -0.25) is 24.0 Å². The lowest BCUT2D eigenvalue weighted by Crippen LogP contribution is -2.49. The van der Waals surface area contributed by atoms with E-state index in [1.807, 2.05) is 0 Å². The molecule has 2 saturated carbocycles. The maximum absolute atomic E-state index is 13.4. The number of ketones is 1. The number of hydrogen-bond donors (Lipinski definition) is 4. The van der Waals surface area contributed by atoms with Crippen LogP contribution < -0.4 is 21.3 Å². The van der Waals surface area contributed by atoms with E-state index in [1.54, 1.807) is 0 Å². The predicted octanol–water partition coefficient (Wildman–Crippen LogP) is 2.09. The topological polar surface area (TPSA) is 133 Å². The zero-order chi connectivity index (χ0) is 26.3. The van der Waals surface area contributed by atoms with Gasteiger partial charge in [0.15, 0.2) is 0 Å². The van der Waals surface area contributed by atoms with Gasteiger partial charge in [0.05, 0.1) is 17.3 Å². The van der Waals surface area contributed by atoms with Crippen LogP contribution in [-0.2, 0) is 19.2 Å². The summed E-state index contributed by atoms with van der Waals surface area (Å²) in [6.07, 6.45) is -3.77. The summed E-state index contributed by atoms with van der Waals surface area (Å²) in [5.41, 5.74) is -3.04. The second kappa shape index (κ2) is 9.72. The smallest absolute Gasteiger partial charge is 0.356 e. The first-order chi connectivity index (χ1) is 16.9. The maximum Gasteiger partial charge on any atom is 0.403 e. The number of nitrogens with one attached hydrogen (secondary N) is 4. The van der Waals surface area contributed by atoms with Crippen LogP contribution in [0.15, 0.2) is 18.2 Å². The van der Waals surface area contributed by atoms with Crippen LogP contribution in [0.1, 0.15) is 48.9 Å². The summed E-state index contributed by atoms with van der Waals surface area (Å²) in [6.45, 7) is 0.387. The molecule has 194 valence electrons. The van der Waals surface area contributed by atoms with Crippen molar-refractivity contribution < 1.29 is 37.1 Å². The Morgan fingerprint density at radius 3 is 2.39 bits per heavy atom. The maximum atomic E-state index is 13.4. The Morgan fingerprint density at radius 2 is 1.83 bits per heavy atom. The van der Waals surface area contributed by atoms with E-state index in [4.69, 9.17) is 11.6 Å². The third-order valence-electron chi connectivity index (χ3n) is 6.64. The van der Waals surface area contributed by atoms with Gasteiger partial charge in [-0.1, -0.05) is 11.6 Å². The number of anilines is 1. The fraction of sp³-hybridized carbons (Fsp3) is 0.522. The van der Waals surface area contributed by atoms with Crippen molar-refractivity contribution in [2.24, 2.45) is 11.3 Å². The van der Waals surface area contributed by atoms with E-state index in [0.717, 1.165) is 18.9 Å². The van der Waals surface area contributed by atoms with Crippen LogP contribution in [0.25, 0.3) is 0 Å². The van der Waals surface area contributed by atoms with Crippen LogP contribution >= 0.6 is 11.6 Å². The Balaban J connectivity index is 1.54. The number of hydrogen-bond acceptors (Lipinski definition) is 5. The van der Waals surface area contributed by atoms with Crippen molar-refractivity contribution in [1.29, 1.82) is 0 Å². The number of amides is 4. The summed E-state index contributed by atoms with van der Waals surface area (Å²) in [5.74, 6) is -5.03. The standard InChI is InChI=1S/C23H24ClF3N4O5/c24-12-1-4-15(31-21(36)22(6-7-22)23(25,26)27)14(10-12)19(34)30-16(9-11-5-8-28-18(11)33)17(32)20(35)29-13-2-3-13/h1,4,10-11,13,16H,2-3,5-9H2,(H,28,33)(H,29,35)(H,30,34)(H,31,36)/t11-,16-/m0/s1. The molecule has 9 nitrogen and oxygen atoms in total. The molecule has 4 rings (SSSR count). The quantitative estimate of drug-likeness (QED) is 0.364. The average Bonchev–Trinajstić information content (AvgIpc) is 3.73. The van der Waals surface area contributed by atoms with Gasteiger partial charge in [0.2, 0.25) is 17.6 Å². The molecule has 3 aliphatic rings. The van der Waals surface area contributed by atoms with Crippen molar-refractivity contribution in [2.75, 3.05) is 11.9 Å². The Kier molecular flexibility index (Phi) is 7.00. The monoisotopic (exact) mass is 528 g/mol. The summed E-state index contributed by atoms with van der Waals surface area (Å²) < 4.78 is 40.1. The molecule has 3 fully saturated rings. The van der Waals surface area contributed by atoms with Crippen LogP contribution in [0, 0.1) is 11.3 Å². The van der Waals surface area contributed by atoms with Gasteiger partial charge in [-0.2, -0.15) is 13.2 Å². The molecule has 1 aromatic carbocycles. The van der Waals surface area contributed by atoms with Crippen LogP contribution in [-0.4, -0.2) is 54.2 Å². The highest BCUT2D eigenvalue weighted by Gasteiger charge is 2.68. The van der Waals surface area contributed by atoms with Gasteiger partial charge >= 0.3 is 6.18 Å². The predicted molar refractivity (Wildman–Crippen MR) is 121 cm³/mol. The number of alkyl halides is 3. The van der Waals surface area contributed by atoms with Gasteiger partial charge in [-0.05, 0) is 56.7 Å². The molecule has 1 saturated heterocycles. The van der Waals surface area contributed by atoms with Gasteiger partial charge in [0, 0.05) is 23.5 Å². The van der Waals surface area contributed by atoms with Crippen molar-refractivity contribution in [1.82, 2.24) is 16.0 Å². The molecular formula is C23H24ClF3N4O5. The molecule has 2 aliphatic carbocycles. The summed E-state index contributed by atoms with van der Waals surface area (Å²) in [7, 11) is 0. The van der Waals surface area contributed by atoms with Gasteiger partial charge in [0.1, 0.15) is 5.41 Å². The summed E-state index contributed by atoms with van der Waals surface area (Å²) in [6, 6.07) is 2.11. The molecule has 13 heteroatoms. The van der Waals surface area contributed by atoms with Crippen LogP contribution in [0.4, 0.5) is 18.9 Å². The normalized spacial score (nSPS) is 21.2. The number of carbonyl (C=O) groups excluding carboxylic acids is 5. The van der Waals surface area contributed by atoms with E-state index in [0.29, 0.717) is 13.0 Å². The average molecular weight is 529 g/mol. The van der Waals surface area contributed by atoms with Crippen molar-refractivity contribution >= 4 is 46.7 Å². The van der Waals surface area contributed by atoms with Crippen LogP contribution in [0.3, 0.4) is 0 Å². The molecule has 1 heterocycles. The minimum Gasteiger partial charge on any atom is -0.356 e. The number of benzene rings is 1. The van der Waals surface area contributed by atoms with E-state index in [1.165, 1.54) is 12.1 Å². The lowest BCUT2D eigenvalue weighted by Gasteiger charge is -2.22. The fourth-order valence-electron chi connectivity index (χ4n) is 4.08. The van der Waals surface area contributed by atoms with E-state index in [9.17, 15) is 37.1 Å². The lowest BCUT2D eigenvalue weighted by molar-refractivity contribution is -0.189. The van der Waals surface area contributed by atoms with E-state index >= 15 is 0 Å². The highest BCUT2D eigenvalue weighted by molar-refractivity contribution is 6.38. The molecule has 4 amide bonds. The summed E-state index contributed by atoms with van der Waals surface area (Å²) in [5, 5.41) is 9.80. The molecule has 2 atom stereocenters. The molecule has 1 aromatic rings. The van der Waals surface area contributed by atoms with Crippen molar-refractivity contribution in [2.45, 2.75) is 56.8 Å². The van der Waals surface area contributed by atoms with Crippen LogP contribution in [0.2, 0.25) is 5.02 Å². The molecule has 36 heavy (non-hydrogen) atoms. The number of carbonyl (C=O) groups is 5. The van der Waals surface area contributed by atoms with Crippen molar-refractivity contribution in [3.63, 3.8) is 0 Å². The largest absolute Gasteiger partial charge is 0.403 e. The minimum atomic E-state index is -4.75. The molecule has 0 aromatic heterocycles. The summed E-state index contributed by atoms with van der Waals surface area (Å²) in [4.78, 5) is 62.9. The first kappa shape index (κ1) is 25.9. The molecule has 0 unspecified atom stereocenters.